The molecule has 0 bridgehead atoms. The molecule has 0 amide bonds. The first-order valence-corrected chi connectivity index (χ1v) is 10.8. The van der Waals surface area contributed by atoms with Crippen molar-refractivity contribution in [3.63, 3.8) is 0 Å². The highest BCUT2D eigenvalue weighted by Gasteiger charge is 2.44. The molecule has 0 radical (unpaired) electrons. The van der Waals surface area contributed by atoms with Gasteiger partial charge in [0.15, 0.2) is 12.7 Å². The van der Waals surface area contributed by atoms with Crippen molar-refractivity contribution in [1.29, 1.82) is 0 Å². The molecule has 0 aliphatic carbocycles. The summed E-state index contributed by atoms with van der Waals surface area (Å²) in [6.07, 6.45) is 15.8. The van der Waals surface area contributed by atoms with Crippen LogP contribution in [0.3, 0.4) is 0 Å². The van der Waals surface area contributed by atoms with E-state index in [0.29, 0.717) is 0 Å². The molecule has 1 aliphatic rings. The van der Waals surface area contributed by atoms with Gasteiger partial charge in [-0.1, -0.05) is 40.5 Å². The first-order chi connectivity index (χ1) is 12.6. The summed E-state index contributed by atoms with van der Waals surface area (Å²) in [7, 11) is 2.39. The lowest BCUT2D eigenvalue weighted by Crippen LogP contribution is -2.47. The Hall–Kier alpha value is -1.48. The van der Waals surface area contributed by atoms with E-state index in [0.717, 1.165) is 24.0 Å². The van der Waals surface area contributed by atoms with Crippen LogP contribution < -0.4 is 4.57 Å². The molecule has 1 aromatic heterocycles. The van der Waals surface area contributed by atoms with E-state index < -0.39 is 0 Å². The zero-order chi connectivity index (χ0) is 19.0. The third kappa shape index (κ3) is 4.82. The number of rotatable bonds is 11. The average molecular weight is 359 g/mol. The van der Waals surface area contributed by atoms with Gasteiger partial charge in [0.1, 0.15) is 6.54 Å². The second-order valence-electron chi connectivity index (χ2n) is 7.85. The van der Waals surface area contributed by atoms with Crippen LogP contribution in [-0.4, -0.2) is 35.5 Å². The van der Waals surface area contributed by atoms with Crippen LogP contribution in [0.2, 0.25) is 0 Å². The maximum atomic E-state index is 2.48. The number of hydrogen-bond acceptors (Lipinski definition) is 0. The first kappa shape index (κ1) is 20.8. The minimum Gasteiger partial charge on any atom is -0.202 e. The molecule has 3 nitrogen and oxygen atoms in total. The van der Waals surface area contributed by atoms with Crippen LogP contribution in [0, 0.1) is 0 Å². The molecule has 1 unspecified atom stereocenters. The minimum absolute atomic E-state index is 0.931. The van der Waals surface area contributed by atoms with Crippen molar-refractivity contribution >= 4 is 12.0 Å². The largest absolute Gasteiger partial charge is 0.337 e. The van der Waals surface area contributed by atoms with Gasteiger partial charge in [0.05, 0.1) is 13.6 Å². The number of unbranched alkanes of at least 4 members (excludes halogenated alkanes) is 3. The Morgan fingerprint density at radius 1 is 0.923 bits per heavy atom. The van der Waals surface area contributed by atoms with Gasteiger partial charge >= 0.3 is 6.34 Å². The fraction of sp³-hybridized carbons (Fsp3) is 0.652. The zero-order valence-electron chi connectivity index (χ0n) is 17.8. The Morgan fingerprint density at radius 3 is 2.35 bits per heavy atom. The van der Waals surface area contributed by atoms with Gasteiger partial charge in [-0.3, -0.25) is 0 Å². The Balaban J connectivity index is 2.45. The molecule has 0 aromatic carbocycles. The Bertz CT molecular complexity index is 645. The summed E-state index contributed by atoms with van der Waals surface area (Å²) < 4.78 is 5.88. The summed E-state index contributed by atoms with van der Waals surface area (Å²) in [5, 5.41) is 0. The lowest BCUT2D eigenvalue weighted by Gasteiger charge is -2.24. The van der Waals surface area contributed by atoms with Gasteiger partial charge < -0.3 is 0 Å². The van der Waals surface area contributed by atoms with Gasteiger partial charge in [0, 0.05) is 24.5 Å². The molecule has 0 spiro atoms. The summed E-state index contributed by atoms with van der Waals surface area (Å²) in [5.74, 6) is 0. The Labute approximate surface area is 161 Å². The van der Waals surface area contributed by atoms with E-state index in [2.05, 4.69) is 74.8 Å². The topological polar surface area (TPSA) is 6.89 Å². The van der Waals surface area contributed by atoms with Gasteiger partial charge in [-0.25, -0.2) is 4.48 Å². The lowest BCUT2D eigenvalue weighted by molar-refractivity contribution is -0.764. The normalized spacial score (nSPS) is 19.6. The van der Waals surface area contributed by atoms with Gasteiger partial charge in [-0.2, -0.15) is 9.14 Å². The van der Waals surface area contributed by atoms with Crippen LogP contribution in [0.15, 0.2) is 24.5 Å². The maximum Gasteiger partial charge on any atom is 0.337 e. The predicted molar refractivity (Wildman–Crippen MR) is 111 cm³/mol. The minimum atomic E-state index is 0.931. The fourth-order valence-electron chi connectivity index (χ4n) is 3.97. The van der Waals surface area contributed by atoms with Crippen molar-refractivity contribution in [3.8, 4) is 0 Å². The van der Waals surface area contributed by atoms with Crippen LogP contribution in [0.4, 0.5) is 0 Å². The highest BCUT2D eigenvalue weighted by molar-refractivity contribution is 5.66. The highest BCUT2D eigenvalue weighted by Crippen LogP contribution is 2.29. The smallest absolute Gasteiger partial charge is 0.202 e. The SMILES string of the molecule is CCCCC[N+]1=C[N+](C)(CCCC)C(c2c(CC)ccc[n+]2CCC)=C1. The van der Waals surface area contributed by atoms with Crippen LogP contribution in [0.1, 0.15) is 77.5 Å². The quantitative estimate of drug-likeness (QED) is 0.306. The Morgan fingerprint density at radius 2 is 1.69 bits per heavy atom. The number of pyridine rings is 1. The van der Waals surface area contributed by atoms with Crippen molar-refractivity contribution in [2.75, 3.05) is 20.1 Å². The van der Waals surface area contributed by atoms with E-state index in [4.69, 9.17) is 0 Å². The van der Waals surface area contributed by atoms with Gasteiger partial charge in [0.25, 0.3) is 11.4 Å². The number of aromatic nitrogens is 1. The predicted octanol–water partition coefficient (Wildman–Crippen LogP) is 4.74. The van der Waals surface area contributed by atoms with Crippen LogP contribution in [0.5, 0.6) is 0 Å². The summed E-state index contributed by atoms with van der Waals surface area (Å²) in [6.45, 7) is 12.5. The van der Waals surface area contributed by atoms with E-state index in [9.17, 15) is 0 Å². The molecule has 144 valence electrons. The molecule has 1 aliphatic heterocycles. The highest BCUT2D eigenvalue weighted by atomic mass is 15.4. The molecular weight excluding hydrogens is 318 g/mol. The lowest BCUT2D eigenvalue weighted by atomic mass is 10.1. The van der Waals surface area contributed by atoms with Crippen LogP contribution in [0.25, 0.3) is 5.70 Å². The second kappa shape index (κ2) is 10.0. The third-order valence-electron chi connectivity index (χ3n) is 5.48. The summed E-state index contributed by atoms with van der Waals surface area (Å²) in [5.41, 5.74) is 4.39. The van der Waals surface area contributed by atoms with E-state index >= 15 is 0 Å². The van der Waals surface area contributed by atoms with Gasteiger partial charge in [0.2, 0.25) is 6.20 Å². The van der Waals surface area contributed by atoms with Gasteiger partial charge in [-0.15, -0.1) is 0 Å². The molecule has 1 aromatic rings. The Kier molecular flexibility index (Phi) is 8.02. The van der Waals surface area contributed by atoms with Crippen molar-refractivity contribution < 1.29 is 13.6 Å². The number of aryl methyl sites for hydroxylation is 2. The summed E-state index contributed by atoms with van der Waals surface area (Å²) in [6, 6.07) is 4.53. The molecule has 26 heavy (non-hydrogen) atoms. The molecule has 0 N–H and O–H groups in total. The number of nitrogens with zero attached hydrogens (tertiary/aromatic N) is 3. The molecule has 2 heterocycles. The molecular formula is C23H40N3+3. The summed E-state index contributed by atoms with van der Waals surface area (Å²) >= 11 is 0. The third-order valence-corrected chi connectivity index (χ3v) is 5.48. The van der Waals surface area contributed by atoms with E-state index in [1.807, 2.05) is 0 Å². The van der Waals surface area contributed by atoms with Crippen LogP contribution >= 0.6 is 0 Å². The van der Waals surface area contributed by atoms with Crippen molar-refractivity contribution in [3.05, 3.63) is 35.8 Å². The van der Waals surface area contributed by atoms with E-state index in [1.54, 1.807) is 0 Å². The molecule has 1 atom stereocenters. The fourth-order valence-corrected chi connectivity index (χ4v) is 3.97. The molecule has 0 saturated carbocycles. The number of hydrogen-bond donors (Lipinski definition) is 0. The monoisotopic (exact) mass is 358 g/mol. The summed E-state index contributed by atoms with van der Waals surface area (Å²) in [4.78, 5) is 0. The molecule has 0 fully saturated rings. The average Bonchev–Trinajstić information content (AvgIpc) is 2.97. The maximum absolute atomic E-state index is 2.48. The van der Waals surface area contributed by atoms with Crippen molar-refractivity contribution in [1.82, 2.24) is 0 Å². The van der Waals surface area contributed by atoms with Gasteiger partial charge in [-0.05, 0) is 25.3 Å². The van der Waals surface area contributed by atoms with E-state index in [-0.39, 0.29) is 0 Å². The second-order valence-corrected chi connectivity index (χ2v) is 7.85. The standard InChI is InChI=1S/C23H40N3/c1-6-10-12-16-24-19-22(26(5,20-24)18-11-7-2)23-21(9-4)14-13-17-25(23)15-8-3/h13-14,17,19-20H,6-12,15-16,18H2,1-5H3/q+3. The molecule has 3 heteroatoms. The molecule has 2 rings (SSSR count). The molecule has 0 saturated heterocycles. The zero-order valence-corrected chi connectivity index (χ0v) is 17.8. The van der Waals surface area contributed by atoms with Crippen molar-refractivity contribution in [2.24, 2.45) is 0 Å². The first-order valence-electron chi connectivity index (χ1n) is 10.8. The number of quaternary nitrogens is 1. The van der Waals surface area contributed by atoms with Crippen LogP contribution in [-0.2, 0) is 13.0 Å². The van der Waals surface area contributed by atoms with Crippen molar-refractivity contribution in [2.45, 2.75) is 79.2 Å². The van der Waals surface area contributed by atoms with E-state index in [1.165, 1.54) is 62.0 Å².